The third kappa shape index (κ3) is 3.84. The highest BCUT2D eigenvalue weighted by Gasteiger charge is 2.18. The second kappa shape index (κ2) is 6.37. The van der Waals surface area contributed by atoms with Crippen LogP contribution in [-0.2, 0) is 0 Å². The average Bonchev–Trinajstić information content (AvgIpc) is 2.30. The molecule has 0 spiro atoms. The van der Waals surface area contributed by atoms with Gasteiger partial charge in [0.1, 0.15) is 0 Å². The SMILES string of the molecule is Cc1ccc(C(=O)N(C)C(C)CC(C)C)cc1Br. The number of halogens is 1. The molecule has 0 bridgehead atoms. The van der Waals surface area contributed by atoms with Crippen molar-refractivity contribution in [1.82, 2.24) is 4.90 Å². The average molecular weight is 312 g/mol. The minimum atomic E-state index is 0.0869. The van der Waals surface area contributed by atoms with Crippen LogP contribution in [0, 0.1) is 12.8 Å². The van der Waals surface area contributed by atoms with E-state index in [9.17, 15) is 4.79 Å². The molecule has 0 aromatic heterocycles. The number of nitrogens with zero attached hydrogens (tertiary/aromatic N) is 1. The molecule has 1 rings (SSSR count). The van der Waals surface area contributed by atoms with E-state index in [0.29, 0.717) is 5.92 Å². The van der Waals surface area contributed by atoms with Crippen LogP contribution in [0.5, 0.6) is 0 Å². The standard InChI is InChI=1S/C15H22BrNO/c1-10(2)8-12(4)17(5)15(18)13-7-6-11(3)14(16)9-13/h6-7,9-10,12H,8H2,1-5H3. The highest BCUT2D eigenvalue weighted by Crippen LogP contribution is 2.19. The number of aryl methyl sites for hydroxylation is 1. The molecule has 18 heavy (non-hydrogen) atoms. The summed E-state index contributed by atoms with van der Waals surface area (Å²) in [4.78, 5) is 14.2. The molecule has 100 valence electrons. The Bertz CT molecular complexity index is 429. The molecule has 2 nitrogen and oxygen atoms in total. The molecule has 3 heteroatoms. The normalized spacial score (nSPS) is 12.6. The molecule has 0 aliphatic rings. The van der Waals surface area contributed by atoms with Crippen LogP contribution in [0.25, 0.3) is 0 Å². The van der Waals surface area contributed by atoms with E-state index in [1.54, 1.807) is 0 Å². The van der Waals surface area contributed by atoms with Crippen LogP contribution in [0.3, 0.4) is 0 Å². The highest BCUT2D eigenvalue weighted by atomic mass is 79.9. The maximum Gasteiger partial charge on any atom is 0.253 e. The van der Waals surface area contributed by atoms with Gasteiger partial charge in [-0.1, -0.05) is 35.8 Å². The van der Waals surface area contributed by atoms with E-state index in [1.807, 2.05) is 37.1 Å². The van der Waals surface area contributed by atoms with Gasteiger partial charge in [-0.15, -0.1) is 0 Å². The van der Waals surface area contributed by atoms with Crippen molar-refractivity contribution in [3.8, 4) is 0 Å². The minimum Gasteiger partial charge on any atom is -0.339 e. The van der Waals surface area contributed by atoms with Gasteiger partial charge in [0, 0.05) is 23.1 Å². The second-order valence-electron chi connectivity index (χ2n) is 5.36. The van der Waals surface area contributed by atoms with E-state index < -0.39 is 0 Å². The molecule has 0 saturated heterocycles. The highest BCUT2D eigenvalue weighted by molar-refractivity contribution is 9.10. The summed E-state index contributed by atoms with van der Waals surface area (Å²) in [5.41, 5.74) is 1.88. The Morgan fingerprint density at radius 1 is 1.33 bits per heavy atom. The number of benzene rings is 1. The summed E-state index contributed by atoms with van der Waals surface area (Å²) in [6.45, 7) is 8.47. The molecular weight excluding hydrogens is 290 g/mol. The monoisotopic (exact) mass is 311 g/mol. The summed E-state index contributed by atoms with van der Waals surface area (Å²) in [7, 11) is 1.88. The Hall–Kier alpha value is -0.830. The minimum absolute atomic E-state index is 0.0869. The van der Waals surface area contributed by atoms with Crippen molar-refractivity contribution < 1.29 is 4.79 Å². The van der Waals surface area contributed by atoms with Gasteiger partial charge in [-0.05, 0) is 43.9 Å². The van der Waals surface area contributed by atoms with Crippen LogP contribution in [0.1, 0.15) is 43.1 Å². The lowest BCUT2D eigenvalue weighted by Crippen LogP contribution is -2.35. The van der Waals surface area contributed by atoms with Crippen molar-refractivity contribution in [2.75, 3.05) is 7.05 Å². The molecule has 1 amide bonds. The molecule has 0 aliphatic carbocycles. The summed E-state index contributed by atoms with van der Waals surface area (Å²) in [6, 6.07) is 6.02. The number of carbonyl (C=O) groups excluding carboxylic acids is 1. The fourth-order valence-corrected chi connectivity index (χ4v) is 2.35. The van der Waals surface area contributed by atoms with Gasteiger partial charge in [-0.2, -0.15) is 0 Å². The van der Waals surface area contributed by atoms with Gasteiger partial charge >= 0.3 is 0 Å². The maximum absolute atomic E-state index is 12.3. The molecule has 1 aromatic carbocycles. The predicted molar refractivity (Wildman–Crippen MR) is 79.9 cm³/mol. The lowest BCUT2D eigenvalue weighted by atomic mass is 10.0. The number of hydrogen-bond acceptors (Lipinski definition) is 1. The molecule has 0 aliphatic heterocycles. The number of hydrogen-bond donors (Lipinski definition) is 0. The summed E-state index contributed by atoms with van der Waals surface area (Å²) in [5, 5.41) is 0. The number of carbonyl (C=O) groups is 1. The van der Waals surface area contributed by atoms with Gasteiger partial charge < -0.3 is 4.90 Å². The van der Waals surface area contributed by atoms with Crippen molar-refractivity contribution in [3.05, 3.63) is 33.8 Å². The first-order chi connectivity index (χ1) is 8.32. The van der Waals surface area contributed by atoms with Crippen LogP contribution in [0.15, 0.2) is 22.7 Å². The van der Waals surface area contributed by atoms with E-state index in [0.717, 1.165) is 22.0 Å². The summed E-state index contributed by atoms with van der Waals surface area (Å²) >= 11 is 3.47. The molecule has 0 heterocycles. The molecule has 0 saturated carbocycles. The van der Waals surface area contributed by atoms with E-state index in [-0.39, 0.29) is 11.9 Å². The zero-order valence-electron chi connectivity index (χ0n) is 11.8. The molecule has 1 unspecified atom stereocenters. The lowest BCUT2D eigenvalue weighted by Gasteiger charge is -2.26. The first kappa shape index (κ1) is 15.2. The zero-order chi connectivity index (χ0) is 13.9. The number of amides is 1. The Kier molecular flexibility index (Phi) is 5.39. The van der Waals surface area contributed by atoms with Crippen LogP contribution < -0.4 is 0 Å². The van der Waals surface area contributed by atoms with Crippen molar-refractivity contribution in [3.63, 3.8) is 0 Å². The van der Waals surface area contributed by atoms with Crippen molar-refractivity contribution in [1.29, 1.82) is 0 Å². The van der Waals surface area contributed by atoms with Crippen molar-refractivity contribution >= 4 is 21.8 Å². The third-order valence-electron chi connectivity index (χ3n) is 3.21. The summed E-state index contributed by atoms with van der Waals surface area (Å²) in [5.74, 6) is 0.684. The summed E-state index contributed by atoms with van der Waals surface area (Å²) in [6.07, 6.45) is 1.02. The first-order valence-electron chi connectivity index (χ1n) is 6.36. The Labute approximate surface area is 119 Å². The predicted octanol–water partition coefficient (Wildman–Crippen LogP) is 4.26. The van der Waals surface area contributed by atoms with Gasteiger partial charge in [0.05, 0.1) is 0 Å². The molecule has 1 aromatic rings. The lowest BCUT2D eigenvalue weighted by molar-refractivity contribution is 0.0728. The molecule has 0 N–H and O–H groups in total. The van der Waals surface area contributed by atoms with Crippen molar-refractivity contribution in [2.24, 2.45) is 5.92 Å². The smallest absolute Gasteiger partial charge is 0.253 e. The van der Waals surface area contributed by atoms with Crippen LogP contribution >= 0.6 is 15.9 Å². The van der Waals surface area contributed by atoms with E-state index in [4.69, 9.17) is 0 Å². The van der Waals surface area contributed by atoms with Gasteiger partial charge in [-0.3, -0.25) is 4.79 Å². The third-order valence-corrected chi connectivity index (χ3v) is 4.07. The fourth-order valence-electron chi connectivity index (χ4n) is 1.97. The molecule has 0 fully saturated rings. The van der Waals surface area contributed by atoms with Gasteiger partial charge in [0.25, 0.3) is 5.91 Å². The van der Waals surface area contributed by atoms with Gasteiger partial charge in [-0.25, -0.2) is 0 Å². The van der Waals surface area contributed by atoms with Crippen LogP contribution in [0.2, 0.25) is 0 Å². The maximum atomic E-state index is 12.3. The topological polar surface area (TPSA) is 20.3 Å². The second-order valence-corrected chi connectivity index (χ2v) is 6.21. The van der Waals surface area contributed by atoms with E-state index >= 15 is 0 Å². The fraction of sp³-hybridized carbons (Fsp3) is 0.533. The molecule has 1 atom stereocenters. The van der Waals surface area contributed by atoms with E-state index in [1.165, 1.54) is 0 Å². The van der Waals surface area contributed by atoms with Crippen LogP contribution in [-0.4, -0.2) is 23.9 Å². The first-order valence-corrected chi connectivity index (χ1v) is 7.15. The van der Waals surface area contributed by atoms with Gasteiger partial charge in [0.15, 0.2) is 0 Å². The largest absolute Gasteiger partial charge is 0.339 e. The Balaban J connectivity index is 2.82. The van der Waals surface area contributed by atoms with Crippen molar-refractivity contribution in [2.45, 2.75) is 40.2 Å². The summed E-state index contributed by atoms with van der Waals surface area (Å²) < 4.78 is 0.985. The van der Waals surface area contributed by atoms with Crippen LogP contribution in [0.4, 0.5) is 0 Å². The number of rotatable bonds is 4. The quantitative estimate of drug-likeness (QED) is 0.813. The Morgan fingerprint density at radius 2 is 1.94 bits per heavy atom. The van der Waals surface area contributed by atoms with Gasteiger partial charge in [0.2, 0.25) is 0 Å². The van der Waals surface area contributed by atoms with E-state index in [2.05, 4.69) is 36.7 Å². The molecule has 0 radical (unpaired) electrons. The molecular formula is C15H22BrNO. The zero-order valence-corrected chi connectivity index (χ0v) is 13.4. The Morgan fingerprint density at radius 3 is 2.44 bits per heavy atom.